The summed E-state index contributed by atoms with van der Waals surface area (Å²) < 4.78 is 0. The molecule has 0 unspecified atom stereocenters. The Labute approximate surface area is 503 Å². The van der Waals surface area contributed by atoms with Crippen molar-refractivity contribution in [3.05, 3.63) is 143 Å². The van der Waals surface area contributed by atoms with Gasteiger partial charge >= 0.3 is 19.5 Å². The van der Waals surface area contributed by atoms with Crippen molar-refractivity contribution in [3.8, 4) is 34.2 Å². The second-order valence-corrected chi connectivity index (χ2v) is 23.2. The number of unbranched alkanes of at least 4 members (excludes halogenated alkanes) is 22. The number of aryl methyl sites for hydroxylation is 4. The maximum atomic E-state index is 4.48. The molecule has 0 spiro atoms. The largest absolute Gasteiger partial charge is 2.00 e. The zero-order chi connectivity index (χ0) is 55.2. The van der Waals surface area contributed by atoms with E-state index in [2.05, 4.69) is 132 Å². The Hall–Kier alpha value is -3.43. The standard InChI is InChI=1S/3C22H32N2S.C2H6.Ru/c1-19-12-14-23-21(17-19)22-18-20(13-15-24-22)11-9-7-5-3-2-4-6-8-10-16-25;2*1-3-4-5-6-7-8-9-10-15-25-18-20-12-14-24-22(17-20)21-16-19(2)11-13-23-21;1-2;/h12-15,17-18,25H,2-11,16H2,1H3;2*11-14,16-17H,3-10,15,18H2,1-2H3;1-2H3;/q;;;;+2. The summed E-state index contributed by atoms with van der Waals surface area (Å²) in [4.78, 5) is 26.8. The molecule has 0 aliphatic heterocycles. The summed E-state index contributed by atoms with van der Waals surface area (Å²) in [5.41, 5.74) is 13.6. The van der Waals surface area contributed by atoms with E-state index >= 15 is 0 Å². The third kappa shape index (κ3) is 34.0. The maximum Gasteiger partial charge on any atom is 2.00 e. The first-order valence-electron chi connectivity index (χ1n) is 30.3. The fraction of sp³-hybridized carbons (Fsp3) is 0.559. The van der Waals surface area contributed by atoms with Crippen LogP contribution in [0, 0.1) is 20.8 Å². The number of nitrogens with zero attached hydrogens (tertiary/aromatic N) is 6. The average Bonchev–Trinajstić information content (AvgIpc) is 3.45. The van der Waals surface area contributed by atoms with E-state index < -0.39 is 0 Å². The first-order valence-corrected chi connectivity index (χ1v) is 33.2. The fourth-order valence-corrected chi connectivity index (χ4v) is 11.1. The number of hydrogen-bond donors (Lipinski definition) is 1. The Kier molecular flexibility index (Phi) is 43.8. The molecule has 6 nitrogen and oxygen atoms in total. The van der Waals surface area contributed by atoms with Crippen LogP contribution in [0.2, 0.25) is 0 Å². The van der Waals surface area contributed by atoms with Crippen LogP contribution in [0.4, 0.5) is 0 Å². The number of rotatable bonds is 36. The Morgan fingerprint density at radius 1 is 0.333 bits per heavy atom. The van der Waals surface area contributed by atoms with Crippen LogP contribution in [0.5, 0.6) is 0 Å². The first kappa shape index (κ1) is 70.7. The van der Waals surface area contributed by atoms with E-state index in [1.165, 1.54) is 205 Å². The van der Waals surface area contributed by atoms with Gasteiger partial charge in [-0.1, -0.05) is 163 Å². The molecule has 10 heteroatoms. The van der Waals surface area contributed by atoms with Crippen LogP contribution >= 0.6 is 36.2 Å². The van der Waals surface area contributed by atoms with Crippen LogP contribution in [0.1, 0.15) is 222 Å². The molecule has 6 heterocycles. The first-order chi connectivity index (χ1) is 37.9. The monoisotopic (exact) mass is 1200 g/mol. The number of pyridine rings is 6. The van der Waals surface area contributed by atoms with Gasteiger partial charge in [-0.3, -0.25) is 29.9 Å². The third-order valence-corrected chi connectivity index (χ3v) is 16.0. The van der Waals surface area contributed by atoms with Gasteiger partial charge in [0.15, 0.2) is 0 Å². The molecule has 0 N–H and O–H groups in total. The quantitative estimate of drug-likeness (QED) is 0.0237. The Bertz CT molecular complexity index is 2100. The molecule has 0 saturated carbocycles. The van der Waals surface area contributed by atoms with Crippen molar-refractivity contribution in [1.29, 1.82) is 0 Å². The summed E-state index contributed by atoms with van der Waals surface area (Å²) in [6.07, 6.45) is 46.9. The zero-order valence-electron chi connectivity index (χ0n) is 49.6. The van der Waals surface area contributed by atoms with Gasteiger partial charge in [0.25, 0.3) is 0 Å². The second-order valence-electron chi connectivity index (χ2n) is 20.5. The third-order valence-electron chi connectivity index (χ3n) is 13.5. The number of thioether (sulfide) groups is 2. The molecular weight excluding hydrogens is 1100 g/mol. The predicted octanol–water partition coefficient (Wildman–Crippen LogP) is 21.1. The van der Waals surface area contributed by atoms with E-state index in [0.29, 0.717) is 0 Å². The Morgan fingerprint density at radius 2 is 0.603 bits per heavy atom. The van der Waals surface area contributed by atoms with Gasteiger partial charge in [0.05, 0.1) is 34.2 Å². The molecule has 0 aliphatic rings. The van der Waals surface area contributed by atoms with Gasteiger partial charge in [-0.15, -0.1) is 0 Å². The van der Waals surface area contributed by atoms with Crippen molar-refractivity contribution in [2.45, 2.75) is 227 Å². The molecule has 0 fully saturated rings. The van der Waals surface area contributed by atoms with E-state index in [0.717, 1.165) is 57.8 Å². The summed E-state index contributed by atoms with van der Waals surface area (Å²) in [7, 11) is 0. The molecule has 0 aromatic carbocycles. The van der Waals surface area contributed by atoms with E-state index in [-0.39, 0.29) is 19.5 Å². The van der Waals surface area contributed by atoms with Crippen molar-refractivity contribution in [2.24, 2.45) is 0 Å². The summed E-state index contributed by atoms with van der Waals surface area (Å²) in [6, 6.07) is 25.3. The van der Waals surface area contributed by atoms with Crippen molar-refractivity contribution < 1.29 is 19.5 Å². The van der Waals surface area contributed by atoms with Crippen molar-refractivity contribution in [3.63, 3.8) is 0 Å². The molecule has 428 valence electrons. The smallest absolute Gasteiger partial charge is 0.255 e. The van der Waals surface area contributed by atoms with E-state index in [1.54, 1.807) is 0 Å². The van der Waals surface area contributed by atoms with E-state index in [1.807, 2.05) is 92.8 Å². The molecule has 0 saturated heterocycles. The molecular formula is C68H102N6RuS3+2. The van der Waals surface area contributed by atoms with Gasteiger partial charge in [0.1, 0.15) is 0 Å². The van der Waals surface area contributed by atoms with Gasteiger partial charge in [-0.2, -0.15) is 36.2 Å². The van der Waals surface area contributed by atoms with E-state index in [4.69, 9.17) is 0 Å². The van der Waals surface area contributed by atoms with Gasteiger partial charge < -0.3 is 0 Å². The minimum absolute atomic E-state index is 0. The maximum absolute atomic E-state index is 4.48. The second kappa shape index (κ2) is 48.3. The number of thiol groups is 1. The Morgan fingerprint density at radius 3 is 0.936 bits per heavy atom. The van der Waals surface area contributed by atoms with Crippen LogP contribution in [-0.4, -0.2) is 47.2 Å². The summed E-state index contributed by atoms with van der Waals surface area (Å²) >= 11 is 8.33. The van der Waals surface area contributed by atoms with Gasteiger partial charge in [-0.05, 0) is 176 Å². The number of hydrogen-bond acceptors (Lipinski definition) is 9. The minimum atomic E-state index is 0. The average molecular weight is 1200 g/mol. The molecule has 0 amide bonds. The summed E-state index contributed by atoms with van der Waals surface area (Å²) in [5, 5.41) is 0. The molecule has 0 bridgehead atoms. The van der Waals surface area contributed by atoms with Gasteiger partial charge in [0.2, 0.25) is 0 Å². The summed E-state index contributed by atoms with van der Waals surface area (Å²) in [5.74, 6) is 5.69. The molecule has 0 atom stereocenters. The van der Waals surface area contributed by atoms with Crippen molar-refractivity contribution in [2.75, 3.05) is 17.3 Å². The molecule has 6 aromatic heterocycles. The molecule has 6 rings (SSSR count). The molecule has 0 aliphatic carbocycles. The minimum Gasteiger partial charge on any atom is -0.255 e. The molecule has 78 heavy (non-hydrogen) atoms. The van der Waals surface area contributed by atoms with E-state index in [9.17, 15) is 0 Å². The van der Waals surface area contributed by atoms with Crippen molar-refractivity contribution >= 4 is 36.2 Å². The van der Waals surface area contributed by atoms with Crippen LogP contribution < -0.4 is 0 Å². The van der Waals surface area contributed by atoms with Gasteiger partial charge in [-0.25, -0.2) is 0 Å². The topological polar surface area (TPSA) is 77.3 Å². The van der Waals surface area contributed by atoms with Crippen LogP contribution in [0.3, 0.4) is 0 Å². The van der Waals surface area contributed by atoms with Crippen LogP contribution in [0.15, 0.2) is 110 Å². The van der Waals surface area contributed by atoms with Crippen LogP contribution in [0.25, 0.3) is 34.2 Å². The molecule has 6 aromatic rings. The van der Waals surface area contributed by atoms with Crippen molar-refractivity contribution in [1.82, 2.24) is 29.9 Å². The summed E-state index contributed by atoms with van der Waals surface area (Å²) in [6.45, 7) is 14.8. The van der Waals surface area contributed by atoms with Gasteiger partial charge in [0, 0.05) is 48.7 Å². The predicted molar refractivity (Wildman–Crippen MR) is 345 cm³/mol. The SMILES string of the molecule is CC.CCCCCCCCCCSCc1ccnc(-c2cc(C)ccn2)c1.CCCCCCCCCCSCc1ccnc(-c2cc(C)ccn2)c1.Cc1ccnc(-c2cc(CCCCCCCCCCCS)ccn2)c1.[Ru+2]. The number of aromatic nitrogens is 6. The normalized spacial score (nSPS) is 10.6. The zero-order valence-corrected chi connectivity index (χ0v) is 53.9. The van der Waals surface area contributed by atoms with Crippen LogP contribution in [-0.2, 0) is 37.4 Å². The molecule has 0 radical (unpaired) electrons. The Balaban J connectivity index is 0.000000391. The fourth-order valence-electron chi connectivity index (χ4n) is 8.94.